The molecular weight excluding hydrogens is 288 g/mol. The molecule has 0 aliphatic carbocycles. The molecule has 0 bridgehead atoms. The Hall–Kier alpha value is -2.36. The molecule has 4 heteroatoms. The van der Waals surface area contributed by atoms with Crippen molar-refractivity contribution in [2.24, 2.45) is 0 Å². The van der Waals surface area contributed by atoms with E-state index in [0.717, 1.165) is 18.4 Å². The summed E-state index contributed by atoms with van der Waals surface area (Å²) in [6, 6.07) is 11.1. The number of benzene rings is 1. The highest BCUT2D eigenvalue weighted by Gasteiger charge is 2.17. The molecule has 1 heterocycles. The number of aromatic nitrogens is 1. The van der Waals surface area contributed by atoms with E-state index in [-0.39, 0.29) is 11.3 Å². The first-order valence-corrected chi connectivity index (χ1v) is 8.05. The predicted molar refractivity (Wildman–Crippen MR) is 92.6 cm³/mol. The first-order valence-electron chi connectivity index (χ1n) is 8.05. The molecular formula is C19H24N2O2. The maximum Gasteiger partial charge on any atom is 0.270 e. The number of unbranched alkanes of at least 4 members (excludes halogenated alkanes) is 1. The Morgan fingerprint density at radius 3 is 2.43 bits per heavy atom. The molecule has 1 amide bonds. The van der Waals surface area contributed by atoms with Crippen molar-refractivity contribution in [3.05, 3.63) is 69.1 Å². The molecule has 0 saturated heterocycles. The van der Waals surface area contributed by atoms with Crippen LogP contribution in [0.15, 0.2) is 41.2 Å². The molecule has 0 spiro atoms. The lowest BCUT2D eigenvalue weighted by Crippen LogP contribution is -2.33. The van der Waals surface area contributed by atoms with Crippen LogP contribution in [-0.2, 0) is 6.54 Å². The highest BCUT2D eigenvalue weighted by atomic mass is 16.2. The summed E-state index contributed by atoms with van der Waals surface area (Å²) < 4.78 is 0. The second kappa shape index (κ2) is 7.77. The van der Waals surface area contributed by atoms with E-state index in [2.05, 4.69) is 11.9 Å². The molecule has 1 aromatic heterocycles. The van der Waals surface area contributed by atoms with Gasteiger partial charge in [0.2, 0.25) is 0 Å². The van der Waals surface area contributed by atoms with E-state index in [4.69, 9.17) is 0 Å². The normalized spacial score (nSPS) is 10.6. The maximum atomic E-state index is 12.8. The summed E-state index contributed by atoms with van der Waals surface area (Å²) >= 11 is 0. The summed E-state index contributed by atoms with van der Waals surface area (Å²) in [7, 11) is 0. The van der Waals surface area contributed by atoms with Gasteiger partial charge in [0.25, 0.3) is 5.91 Å². The lowest BCUT2D eigenvalue weighted by atomic mass is 10.1. The SMILES string of the molecule is CCCCN(Cc1ccc(C)cc1)C(=O)c1cc(=O)cc(C)[nH]1. The third-order valence-corrected chi connectivity index (χ3v) is 3.77. The van der Waals surface area contributed by atoms with Crippen molar-refractivity contribution in [2.45, 2.75) is 40.2 Å². The molecule has 0 atom stereocenters. The fourth-order valence-corrected chi connectivity index (χ4v) is 2.48. The fraction of sp³-hybridized carbons (Fsp3) is 0.368. The van der Waals surface area contributed by atoms with Crippen LogP contribution in [0.5, 0.6) is 0 Å². The van der Waals surface area contributed by atoms with Crippen LogP contribution in [0.25, 0.3) is 0 Å². The second-order valence-corrected chi connectivity index (χ2v) is 5.98. The number of hydrogen-bond acceptors (Lipinski definition) is 2. The molecule has 1 aromatic carbocycles. The van der Waals surface area contributed by atoms with E-state index in [1.54, 1.807) is 11.8 Å². The van der Waals surface area contributed by atoms with Crippen molar-refractivity contribution in [1.29, 1.82) is 0 Å². The first kappa shape index (κ1) is 17.0. The Kier molecular flexibility index (Phi) is 5.74. The average Bonchev–Trinajstić information content (AvgIpc) is 2.51. The van der Waals surface area contributed by atoms with Gasteiger partial charge in [-0.1, -0.05) is 43.2 Å². The summed E-state index contributed by atoms with van der Waals surface area (Å²) in [5.41, 5.74) is 3.21. The molecule has 1 N–H and O–H groups in total. The molecule has 2 rings (SSSR count). The van der Waals surface area contributed by atoms with Crippen LogP contribution in [0, 0.1) is 13.8 Å². The fourth-order valence-electron chi connectivity index (χ4n) is 2.48. The number of hydrogen-bond donors (Lipinski definition) is 1. The number of H-pyrrole nitrogens is 1. The van der Waals surface area contributed by atoms with Crippen molar-refractivity contribution < 1.29 is 4.79 Å². The Morgan fingerprint density at radius 2 is 1.83 bits per heavy atom. The number of carbonyl (C=O) groups excluding carboxylic acids is 1. The van der Waals surface area contributed by atoms with E-state index in [1.807, 2.05) is 31.2 Å². The van der Waals surface area contributed by atoms with E-state index < -0.39 is 0 Å². The standard InChI is InChI=1S/C19H24N2O2/c1-4-5-10-21(13-16-8-6-14(2)7-9-16)19(23)18-12-17(22)11-15(3)20-18/h6-9,11-12H,4-5,10,13H2,1-3H3,(H,20,22). The first-order chi connectivity index (χ1) is 11.0. The van der Waals surface area contributed by atoms with E-state index in [0.29, 0.717) is 24.5 Å². The third-order valence-electron chi connectivity index (χ3n) is 3.77. The molecule has 0 aliphatic heterocycles. The monoisotopic (exact) mass is 312 g/mol. The molecule has 122 valence electrons. The zero-order chi connectivity index (χ0) is 16.8. The Labute approximate surface area is 137 Å². The maximum absolute atomic E-state index is 12.8. The zero-order valence-corrected chi connectivity index (χ0v) is 14.1. The lowest BCUT2D eigenvalue weighted by molar-refractivity contribution is 0.0734. The number of amides is 1. The van der Waals surface area contributed by atoms with Gasteiger partial charge in [0.15, 0.2) is 5.43 Å². The van der Waals surface area contributed by atoms with Gasteiger partial charge >= 0.3 is 0 Å². The number of carbonyl (C=O) groups is 1. The van der Waals surface area contributed by atoms with Crippen molar-refractivity contribution in [3.63, 3.8) is 0 Å². The smallest absolute Gasteiger partial charge is 0.270 e. The van der Waals surface area contributed by atoms with Gasteiger partial charge in [-0.3, -0.25) is 9.59 Å². The third kappa shape index (κ3) is 4.81. The van der Waals surface area contributed by atoms with Crippen LogP contribution >= 0.6 is 0 Å². The summed E-state index contributed by atoms with van der Waals surface area (Å²) in [5.74, 6) is -0.125. The molecule has 2 aromatic rings. The zero-order valence-electron chi connectivity index (χ0n) is 14.1. The van der Waals surface area contributed by atoms with Gasteiger partial charge in [0.05, 0.1) is 0 Å². The molecule has 0 unspecified atom stereocenters. The van der Waals surface area contributed by atoms with E-state index >= 15 is 0 Å². The average molecular weight is 312 g/mol. The van der Waals surface area contributed by atoms with Crippen molar-refractivity contribution >= 4 is 5.91 Å². The van der Waals surface area contributed by atoms with Gasteiger partial charge < -0.3 is 9.88 Å². The number of nitrogens with one attached hydrogen (secondary N) is 1. The van der Waals surface area contributed by atoms with Crippen molar-refractivity contribution in [3.8, 4) is 0 Å². The van der Waals surface area contributed by atoms with Gasteiger partial charge in [-0.25, -0.2) is 0 Å². The Balaban J connectivity index is 2.24. The second-order valence-electron chi connectivity index (χ2n) is 5.98. The molecule has 0 fully saturated rings. The minimum absolute atomic E-state index is 0.125. The van der Waals surface area contributed by atoms with E-state index in [1.165, 1.54) is 17.7 Å². The molecule has 23 heavy (non-hydrogen) atoms. The summed E-state index contributed by atoms with van der Waals surface area (Å²) in [4.78, 5) is 29.3. The molecule has 0 aliphatic rings. The summed E-state index contributed by atoms with van der Waals surface area (Å²) in [6.07, 6.45) is 1.95. The number of rotatable bonds is 6. The summed E-state index contributed by atoms with van der Waals surface area (Å²) in [6.45, 7) is 7.16. The largest absolute Gasteiger partial charge is 0.354 e. The number of nitrogens with zero attached hydrogens (tertiary/aromatic N) is 1. The highest BCUT2D eigenvalue weighted by Crippen LogP contribution is 2.11. The molecule has 0 saturated carbocycles. The number of pyridine rings is 1. The summed E-state index contributed by atoms with van der Waals surface area (Å²) in [5, 5.41) is 0. The topological polar surface area (TPSA) is 53.2 Å². The Bertz CT molecular complexity index is 717. The van der Waals surface area contributed by atoms with Gasteiger partial charge in [0, 0.05) is 30.9 Å². The number of aryl methyl sites for hydroxylation is 2. The van der Waals surface area contributed by atoms with Crippen LogP contribution in [0.1, 0.15) is 47.1 Å². The molecule has 4 nitrogen and oxygen atoms in total. The lowest BCUT2D eigenvalue weighted by Gasteiger charge is -2.23. The Morgan fingerprint density at radius 1 is 1.13 bits per heavy atom. The van der Waals surface area contributed by atoms with Gasteiger partial charge in [-0.2, -0.15) is 0 Å². The number of aromatic amines is 1. The van der Waals surface area contributed by atoms with Gasteiger partial charge in [-0.05, 0) is 25.8 Å². The van der Waals surface area contributed by atoms with Crippen molar-refractivity contribution in [2.75, 3.05) is 6.54 Å². The highest BCUT2D eigenvalue weighted by molar-refractivity contribution is 5.92. The van der Waals surface area contributed by atoms with Gasteiger partial charge in [-0.15, -0.1) is 0 Å². The minimum atomic E-state index is -0.143. The van der Waals surface area contributed by atoms with E-state index in [9.17, 15) is 9.59 Å². The van der Waals surface area contributed by atoms with Gasteiger partial charge in [0.1, 0.15) is 5.69 Å². The van der Waals surface area contributed by atoms with Crippen LogP contribution < -0.4 is 5.43 Å². The van der Waals surface area contributed by atoms with Crippen LogP contribution in [0.4, 0.5) is 0 Å². The van der Waals surface area contributed by atoms with Crippen LogP contribution in [0.2, 0.25) is 0 Å². The van der Waals surface area contributed by atoms with Crippen molar-refractivity contribution in [1.82, 2.24) is 9.88 Å². The van der Waals surface area contributed by atoms with Crippen LogP contribution in [-0.4, -0.2) is 22.3 Å². The predicted octanol–water partition coefficient (Wildman–Crippen LogP) is 3.43. The quantitative estimate of drug-likeness (QED) is 0.888. The molecule has 0 radical (unpaired) electrons. The van der Waals surface area contributed by atoms with Crippen LogP contribution in [0.3, 0.4) is 0 Å². The minimum Gasteiger partial charge on any atom is -0.354 e.